The van der Waals surface area contributed by atoms with Crippen molar-refractivity contribution in [3.05, 3.63) is 16.7 Å². The van der Waals surface area contributed by atoms with Gasteiger partial charge in [-0.2, -0.15) is 0 Å². The van der Waals surface area contributed by atoms with Gasteiger partial charge in [-0.25, -0.2) is 0 Å². The monoisotopic (exact) mass is 226 g/mol. The van der Waals surface area contributed by atoms with Crippen molar-refractivity contribution in [2.75, 3.05) is 0 Å². The number of nitrogens with zero attached hydrogens (tertiary/aromatic N) is 1. The molecular weight excluding hydrogens is 204 g/mol. The van der Waals surface area contributed by atoms with Gasteiger partial charge >= 0.3 is 0 Å². The molecule has 1 heterocycles. The van der Waals surface area contributed by atoms with E-state index in [2.05, 4.69) is 37.2 Å². The van der Waals surface area contributed by atoms with Crippen LogP contribution in [0.3, 0.4) is 0 Å². The molecule has 0 spiro atoms. The summed E-state index contributed by atoms with van der Waals surface area (Å²) in [7, 11) is 0. The highest BCUT2D eigenvalue weighted by atomic mass is 32.1. The molecule has 0 amide bonds. The second-order valence-corrected chi connectivity index (χ2v) is 4.79. The summed E-state index contributed by atoms with van der Waals surface area (Å²) in [6.07, 6.45) is 5.52. The number of imidazole rings is 1. The van der Waals surface area contributed by atoms with Gasteiger partial charge in [0, 0.05) is 17.9 Å². The van der Waals surface area contributed by atoms with Crippen LogP contribution in [0.5, 0.6) is 0 Å². The molecule has 0 saturated heterocycles. The van der Waals surface area contributed by atoms with E-state index in [0.717, 1.165) is 17.1 Å². The van der Waals surface area contributed by atoms with E-state index in [1.165, 1.54) is 18.5 Å². The minimum atomic E-state index is 0.508. The first kappa shape index (κ1) is 12.5. The largest absolute Gasteiger partial charge is 0.337 e. The van der Waals surface area contributed by atoms with Crippen LogP contribution in [0, 0.1) is 10.7 Å². The van der Waals surface area contributed by atoms with Gasteiger partial charge in [0.2, 0.25) is 0 Å². The van der Waals surface area contributed by atoms with E-state index in [1.54, 1.807) is 0 Å². The van der Waals surface area contributed by atoms with Crippen molar-refractivity contribution in [3.63, 3.8) is 0 Å². The number of aromatic amines is 1. The first-order valence-electron chi connectivity index (χ1n) is 5.88. The molecule has 0 aliphatic carbocycles. The molecular formula is C12H22N2S. The molecule has 1 aromatic rings. The molecule has 0 radical (unpaired) electrons. The van der Waals surface area contributed by atoms with Crippen molar-refractivity contribution in [1.29, 1.82) is 0 Å². The maximum Gasteiger partial charge on any atom is 0.177 e. The van der Waals surface area contributed by atoms with Crippen molar-refractivity contribution in [2.24, 2.45) is 5.92 Å². The molecule has 2 nitrogen and oxygen atoms in total. The lowest BCUT2D eigenvalue weighted by atomic mass is 10.00. The van der Waals surface area contributed by atoms with Crippen LogP contribution in [0.4, 0.5) is 0 Å². The predicted octanol–water partition coefficient (Wildman–Crippen LogP) is 4.11. The lowest BCUT2D eigenvalue weighted by Gasteiger charge is -2.19. The average molecular weight is 226 g/mol. The summed E-state index contributed by atoms with van der Waals surface area (Å²) in [5, 5.41) is 0. The number of aryl methyl sites for hydroxylation is 1. The van der Waals surface area contributed by atoms with Crippen molar-refractivity contribution >= 4 is 12.2 Å². The summed E-state index contributed by atoms with van der Waals surface area (Å²) in [4.78, 5) is 3.14. The van der Waals surface area contributed by atoms with Gasteiger partial charge in [0.1, 0.15) is 0 Å². The van der Waals surface area contributed by atoms with Crippen LogP contribution in [-0.2, 0) is 6.42 Å². The van der Waals surface area contributed by atoms with Gasteiger partial charge in [-0.3, -0.25) is 0 Å². The molecule has 1 aromatic heterocycles. The molecule has 0 aliphatic rings. The molecule has 0 bridgehead atoms. The van der Waals surface area contributed by atoms with Crippen LogP contribution in [0.2, 0.25) is 0 Å². The first-order valence-corrected chi connectivity index (χ1v) is 6.29. The Balaban J connectivity index is 2.85. The van der Waals surface area contributed by atoms with Gasteiger partial charge in [0.15, 0.2) is 4.77 Å². The Morgan fingerprint density at radius 3 is 2.60 bits per heavy atom. The summed E-state index contributed by atoms with van der Waals surface area (Å²) in [6, 6.07) is 0.508. The van der Waals surface area contributed by atoms with E-state index in [0.29, 0.717) is 6.04 Å². The van der Waals surface area contributed by atoms with Crippen molar-refractivity contribution in [2.45, 2.75) is 53.0 Å². The Bertz CT molecular complexity index is 351. The van der Waals surface area contributed by atoms with Gasteiger partial charge in [0.05, 0.1) is 0 Å². The summed E-state index contributed by atoms with van der Waals surface area (Å²) in [5.41, 5.74) is 1.32. The SMILES string of the molecule is CCc1c[nH]c(=S)n1C(C)CC(C)CC. The third-order valence-corrected chi connectivity index (χ3v) is 3.45. The average Bonchev–Trinajstić information content (AvgIpc) is 2.59. The molecule has 1 rings (SSSR count). The molecule has 1 N–H and O–H groups in total. The second kappa shape index (κ2) is 5.50. The molecule has 2 unspecified atom stereocenters. The molecule has 15 heavy (non-hydrogen) atoms. The topological polar surface area (TPSA) is 20.7 Å². The lowest BCUT2D eigenvalue weighted by Crippen LogP contribution is -2.11. The van der Waals surface area contributed by atoms with E-state index in [1.807, 2.05) is 6.20 Å². The number of aromatic nitrogens is 2. The standard InChI is InChI=1S/C12H22N2S/c1-5-9(3)7-10(4)14-11(6-2)8-13-12(14)15/h8-10H,5-7H2,1-4H3,(H,13,15). The van der Waals surface area contributed by atoms with Crippen LogP contribution in [0.1, 0.15) is 52.3 Å². The zero-order valence-electron chi connectivity index (χ0n) is 10.2. The molecule has 0 saturated carbocycles. The Morgan fingerprint density at radius 1 is 1.40 bits per heavy atom. The smallest absolute Gasteiger partial charge is 0.177 e. The lowest BCUT2D eigenvalue weighted by molar-refractivity contribution is 0.389. The highest BCUT2D eigenvalue weighted by Gasteiger charge is 2.12. The predicted molar refractivity (Wildman–Crippen MR) is 67.8 cm³/mol. The quantitative estimate of drug-likeness (QED) is 0.749. The van der Waals surface area contributed by atoms with Gasteiger partial charge < -0.3 is 9.55 Å². The number of rotatable bonds is 5. The molecule has 0 aromatic carbocycles. The fourth-order valence-electron chi connectivity index (χ4n) is 2.02. The first-order chi connectivity index (χ1) is 7.10. The number of hydrogen-bond donors (Lipinski definition) is 1. The highest BCUT2D eigenvalue weighted by Crippen LogP contribution is 2.21. The van der Waals surface area contributed by atoms with E-state index >= 15 is 0 Å². The van der Waals surface area contributed by atoms with E-state index < -0.39 is 0 Å². The second-order valence-electron chi connectivity index (χ2n) is 4.41. The van der Waals surface area contributed by atoms with Gasteiger partial charge in [-0.05, 0) is 37.9 Å². The zero-order chi connectivity index (χ0) is 11.4. The third kappa shape index (κ3) is 2.94. The summed E-state index contributed by atoms with van der Waals surface area (Å²) < 4.78 is 3.13. The molecule has 2 atom stereocenters. The maximum atomic E-state index is 5.31. The Hall–Kier alpha value is -0.570. The number of H-pyrrole nitrogens is 1. The van der Waals surface area contributed by atoms with Crippen LogP contribution in [-0.4, -0.2) is 9.55 Å². The molecule has 0 aliphatic heterocycles. The summed E-state index contributed by atoms with van der Waals surface area (Å²) in [6.45, 7) is 8.98. The van der Waals surface area contributed by atoms with Gasteiger partial charge in [0.25, 0.3) is 0 Å². The van der Waals surface area contributed by atoms with Crippen LogP contribution in [0.15, 0.2) is 6.20 Å². The van der Waals surface area contributed by atoms with Crippen LogP contribution >= 0.6 is 12.2 Å². The zero-order valence-corrected chi connectivity index (χ0v) is 11.0. The maximum absolute atomic E-state index is 5.31. The Kier molecular flexibility index (Phi) is 4.58. The Morgan fingerprint density at radius 2 is 2.07 bits per heavy atom. The fourth-order valence-corrected chi connectivity index (χ4v) is 2.38. The van der Waals surface area contributed by atoms with Crippen molar-refractivity contribution in [3.8, 4) is 0 Å². The van der Waals surface area contributed by atoms with Crippen LogP contribution in [0.25, 0.3) is 0 Å². The molecule has 86 valence electrons. The molecule has 3 heteroatoms. The minimum Gasteiger partial charge on any atom is -0.337 e. The number of hydrogen-bond acceptors (Lipinski definition) is 1. The van der Waals surface area contributed by atoms with E-state index in [4.69, 9.17) is 12.2 Å². The van der Waals surface area contributed by atoms with Gasteiger partial charge in [-0.15, -0.1) is 0 Å². The van der Waals surface area contributed by atoms with Crippen molar-refractivity contribution < 1.29 is 0 Å². The Labute approximate surface area is 97.7 Å². The van der Waals surface area contributed by atoms with E-state index in [-0.39, 0.29) is 0 Å². The highest BCUT2D eigenvalue weighted by molar-refractivity contribution is 7.71. The van der Waals surface area contributed by atoms with E-state index in [9.17, 15) is 0 Å². The normalized spacial score (nSPS) is 15.2. The van der Waals surface area contributed by atoms with Crippen LogP contribution < -0.4 is 0 Å². The van der Waals surface area contributed by atoms with Gasteiger partial charge in [-0.1, -0.05) is 27.2 Å². The summed E-state index contributed by atoms with van der Waals surface area (Å²) in [5.74, 6) is 0.765. The fraction of sp³-hybridized carbons (Fsp3) is 0.750. The van der Waals surface area contributed by atoms with Crippen molar-refractivity contribution in [1.82, 2.24) is 9.55 Å². The third-order valence-electron chi connectivity index (χ3n) is 3.13. The molecule has 0 fully saturated rings. The summed E-state index contributed by atoms with van der Waals surface area (Å²) >= 11 is 5.31. The minimum absolute atomic E-state index is 0.508. The number of nitrogens with one attached hydrogen (secondary N) is 1.